The zero-order valence-electron chi connectivity index (χ0n) is 10.8. The summed E-state index contributed by atoms with van der Waals surface area (Å²) in [4.78, 5) is 0. The molecule has 15 heavy (non-hydrogen) atoms. The Morgan fingerprint density at radius 1 is 1.00 bits per heavy atom. The second-order valence-corrected chi connectivity index (χ2v) is 3.00. The molecule has 0 fully saturated rings. The van der Waals surface area contributed by atoms with Gasteiger partial charge in [0.05, 0.1) is 0 Å². The molecule has 0 aromatic heterocycles. The van der Waals surface area contributed by atoms with E-state index in [4.69, 9.17) is 11.6 Å². The Labute approximate surface area is 99.9 Å². The molecule has 1 aromatic carbocycles. The molecule has 0 saturated carbocycles. The Kier molecular flexibility index (Phi) is 13.0. The predicted octanol–water partition coefficient (Wildman–Crippen LogP) is 4.67. The summed E-state index contributed by atoms with van der Waals surface area (Å²) in [6.45, 7) is 10.1. The van der Waals surface area contributed by atoms with Gasteiger partial charge in [0.2, 0.25) is 0 Å². The van der Waals surface area contributed by atoms with E-state index in [0.29, 0.717) is 6.04 Å². The molecule has 1 N–H and O–H groups in total. The summed E-state index contributed by atoms with van der Waals surface area (Å²) in [5.74, 6) is 0. The minimum Gasteiger partial charge on any atom is -0.313 e. The largest absolute Gasteiger partial charge is 0.313 e. The van der Waals surface area contributed by atoms with E-state index in [-0.39, 0.29) is 0 Å². The standard InChI is InChI=1S/C9H12ClN.2C2H6/c1-7(11-2)8-3-5-9(10)6-4-8;2*1-2/h3-7,11H,1-2H3;2*1-2H3/t7-;;/m0../s1. The lowest BCUT2D eigenvalue weighted by Gasteiger charge is -2.09. The summed E-state index contributed by atoms with van der Waals surface area (Å²) in [7, 11) is 1.94. The maximum Gasteiger partial charge on any atom is 0.0406 e. The zero-order valence-corrected chi connectivity index (χ0v) is 11.5. The van der Waals surface area contributed by atoms with Gasteiger partial charge in [-0.3, -0.25) is 0 Å². The van der Waals surface area contributed by atoms with E-state index in [1.807, 2.05) is 59.0 Å². The third kappa shape index (κ3) is 7.40. The Hall–Kier alpha value is -0.530. The van der Waals surface area contributed by atoms with Crippen molar-refractivity contribution in [1.29, 1.82) is 0 Å². The van der Waals surface area contributed by atoms with Crippen LogP contribution in [-0.2, 0) is 0 Å². The monoisotopic (exact) mass is 229 g/mol. The molecular formula is C13H24ClN. The van der Waals surface area contributed by atoms with Gasteiger partial charge in [-0.15, -0.1) is 0 Å². The van der Waals surface area contributed by atoms with Crippen molar-refractivity contribution in [3.8, 4) is 0 Å². The molecule has 0 aliphatic heterocycles. The summed E-state index contributed by atoms with van der Waals surface area (Å²) in [5, 5.41) is 3.95. The van der Waals surface area contributed by atoms with E-state index in [0.717, 1.165) is 5.02 Å². The average molecular weight is 230 g/mol. The van der Waals surface area contributed by atoms with Crippen LogP contribution in [0.1, 0.15) is 46.2 Å². The smallest absolute Gasteiger partial charge is 0.0406 e. The molecule has 1 nitrogen and oxygen atoms in total. The van der Waals surface area contributed by atoms with Crippen molar-refractivity contribution in [2.24, 2.45) is 0 Å². The van der Waals surface area contributed by atoms with Gasteiger partial charge >= 0.3 is 0 Å². The van der Waals surface area contributed by atoms with E-state index < -0.39 is 0 Å². The Morgan fingerprint density at radius 2 is 1.40 bits per heavy atom. The van der Waals surface area contributed by atoms with Crippen LogP contribution in [0.3, 0.4) is 0 Å². The first-order chi connectivity index (χ1) is 7.24. The number of rotatable bonds is 2. The normalized spacial score (nSPS) is 10.3. The Bertz CT molecular complexity index is 218. The highest BCUT2D eigenvalue weighted by Crippen LogP contribution is 2.14. The highest BCUT2D eigenvalue weighted by Gasteiger charge is 1.99. The molecule has 0 radical (unpaired) electrons. The van der Waals surface area contributed by atoms with Gasteiger partial charge in [-0.05, 0) is 31.7 Å². The van der Waals surface area contributed by atoms with Gasteiger partial charge < -0.3 is 5.32 Å². The quantitative estimate of drug-likeness (QED) is 0.777. The summed E-state index contributed by atoms with van der Waals surface area (Å²) in [6, 6.07) is 8.27. The molecule has 0 aliphatic rings. The van der Waals surface area contributed by atoms with E-state index in [1.165, 1.54) is 5.56 Å². The SMILES string of the molecule is CC.CC.CN[C@@H](C)c1ccc(Cl)cc1. The summed E-state index contributed by atoms with van der Waals surface area (Å²) < 4.78 is 0. The molecule has 1 aromatic rings. The first kappa shape index (κ1) is 16.9. The molecule has 88 valence electrons. The molecule has 0 spiro atoms. The molecule has 0 amide bonds. The van der Waals surface area contributed by atoms with Crippen molar-refractivity contribution in [1.82, 2.24) is 5.32 Å². The molecule has 1 rings (SSSR count). The second kappa shape index (κ2) is 11.5. The highest BCUT2D eigenvalue weighted by atomic mass is 35.5. The van der Waals surface area contributed by atoms with E-state index in [9.17, 15) is 0 Å². The van der Waals surface area contributed by atoms with Crippen LogP contribution >= 0.6 is 11.6 Å². The lowest BCUT2D eigenvalue weighted by atomic mass is 10.1. The maximum atomic E-state index is 5.74. The van der Waals surface area contributed by atoms with Crippen LogP contribution < -0.4 is 5.32 Å². The third-order valence-corrected chi connectivity index (χ3v) is 2.05. The molecule has 0 aliphatic carbocycles. The second-order valence-electron chi connectivity index (χ2n) is 2.56. The fourth-order valence-electron chi connectivity index (χ4n) is 0.918. The summed E-state index contributed by atoms with van der Waals surface area (Å²) in [6.07, 6.45) is 0. The fourth-order valence-corrected chi connectivity index (χ4v) is 1.04. The van der Waals surface area contributed by atoms with Crippen molar-refractivity contribution in [2.75, 3.05) is 7.05 Å². The van der Waals surface area contributed by atoms with Crippen molar-refractivity contribution >= 4 is 11.6 Å². The molecule has 0 bridgehead atoms. The highest BCUT2D eigenvalue weighted by molar-refractivity contribution is 6.30. The van der Waals surface area contributed by atoms with Crippen molar-refractivity contribution in [3.05, 3.63) is 34.9 Å². The van der Waals surface area contributed by atoms with E-state index in [2.05, 4.69) is 12.2 Å². The maximum absolute atomic E-state index is 5.74. The molecule has 0 heterocycles. The van der Waals surface area contributed by atoms with Crippen molar-refractivity contribution < 1.29 is 0 Å². The number of hydrogen-bond donors (Lipinski definition) is 1. The number of nitrogens with one attached hydrogen (secondary N) is 1. The van der Waals surface area contributed by atoms with Gasteiger partial charge in [-0.1, -0.05) is 51.4 Å². The van der Waals surface area contributed by atoms with Crippen molar-refractivity contribution in [3.63, 3.8) is 0 Å². The molecular weight excluding hydrogens is 206 g/mol. The van der Waals surface area contributed by atoms with E-state index >= 15 is 0 Å². The Morgan fingerprint density at radius 3 is 1.73 bits per heavy atom. The molecule has 0 unspecified atom stereocenters. The van der Waals surface area contributed by atoms with Crippen LogP contribution in [0, 0.1) is 0 Å². The fraction of sp³-hybridized carbons (Fsp3) is 0.538. The minimum absolute atomic E-state index is 0.396. The Balaban J connectivity index is 0. The van der Waals surface area contributed by atoms with Crippen LogP contribution in [0.5, 0.6) is 0 Å². The predicted molar refractivity (Wildman–Crippen MR) is 71.6 cm³/mol. The first-order valence-corrected chi connectivity index (χ1v) is 6.04. The van der Waals surface area contributed by atoms with Gasteiger partial charge in [0.1, 0.15) is 0 Å². The number of halogens is 1. The third-order valence-electron chi connectivity index (χ3n) is 1.80. The van der Waals surface area contributed by atoms with Crippen LogP contribution in [-0.4, -0.2) is 7.05 Å². The lowest BCUT2D eigenvalue weighted by molar-refractivity contribution is 0.652. The molecule has 2 heteroatoms. The minimum atomic E-state index is 0.396. The lowest BCUT2D eigenvalue weighted by Crippen LogP contribution is -2.11. The van der Waals surface area contributed by atoms with Crippen LogP contribution in [0.4, 0.5) is 0 Å². The average Bonchev–Trinajstić information content (AvgIpc) is 2.34. The number of hydrogen-bond acceptors (Lipinski definition) is 1. The van der Waals surface area contributed by atoms with Gasteiger partial charge in [0.25, 0.3) is 0 Å². The summed E-state index contributed by atoms with van der Waals surface area (Å²) >= 11 is 5.74. The number of benzene rings is 1. The molecule has 1 atom stereocenters. The zero-order chi connectivity index (χ0) is 12.3. The topological polar surface area (TPSA) is 12.0 Å². The van der Waals surface area contributed by atoms with E-state index in [1.54, 1.807) is 0 Å². The van der Waals surface area contributed by atoms with Crippen LogP contribution in [0.15, 0.2) is 24.3 Å². The first-order valence-electron chi connectivity index (χ1n) is 5.67. The van der Waals surface area contributed by atoms with Gasteiger partial charge in [-0.25, -0.2) is 0 Å². The molecule has 0 saturated heterocycles. The summed E-state index contributed by atoms with van der Waals surface area (Å²) in [5.41, 5.74) is 1.26. The van der Waals surface area contributed by atoms with Gasteiger partial charge in [-0.2, -0.15) is 0 Å². The van der Waals surface area contributed by atoms with Gasteiger partial charge in [0.15, 0.2) is 0 Å². The van der Waals surface area contributed by atoms with Crippen molar-refractivity contribution in [2.45, 2.75) is 40.7 Å². The van der Waals surface area contributed by atoms with Gasteiger partial charge in [0, 0.05) is 11.1 Å². The van der Waals surface area contributed by atoms with Crippen LogP contribution in [0.2, 0.25) is 5.02 Å². The van der Waals surface area contributed by atoms with Crippen LogP contribution in [0.25, 0.3) is 0 Å².